The van der Waals surface area contributed by atoms with Crippen LogP contribution in [0.25, 0.3) is 0 Å². The van der Waals surface area contributed by atoms with Crippen LogP contribution in [0.1, 0.15) is 15.9 Å². The summed E-state index contributed by atoms with van der Waals surface area (Å²) >= 11 is 0. The normalized spacial score (nSPS) is 15.3. The first-order chi connectivity index (χ1) is 14.0. The number of benzene rings is 2. The first-order valence-corrected chi connectivity index (χ1v) is 9.04. The molecule has 0 atom stereocenters. The summed E-state index contributed by atoms with van der Waals surface area (Å²) < 4.78 is 79.8. The third-order valence-electron chi connectivity index (χ3n) is 4.61. The molecule has 2 aromatic rings. The van der Waals surface area contributed by atoms with Crippen molar-refractivity contribution in [3.05, 3.63) is 59.7 Å². The second kappa shape index (κ2) is 8.45. The van der Waals surface area contributed by atoms with E-state index in [0.29, 0.717) is 37.4 Å². The average molecular weight is 432 g/mol. The van der Waals surface area contributed by atoms with E-state index in [4.69, 9.17) is 0 Å². The summed E-state index contributed by atoms with van der Waals surface area (Å²) in [5.74, 6) is -0.306. The van der Waals surface area contributed by atoms with Crippen LogP contribution in [0.15, 0.2) is 48.5 Å². The van der Waals surface area contributed by atoms with Gasteiger partial charge in [0.05, 0.1) is 5.56 Å². The van der Waals surface area contributed by atoms with E-state index >= 15 is 0 Å². The molecular weight excluding hydrogens is 414 g/mol. The van der Waals surface area contributed by atoms with Crippen molar-refractivity contribution in [1.82, 2.24) is 4.90 Å². The largest absolute Gasteiger partial charge is 0.484 e. The van der Waals surface area contributed by atoms with Crippen molar-refractivity contribution in [2.45, 2.75) is 12.4 Å². The van der Waals surface area contributed by atoms with Crippen molar-refractivity contribution in [3.8, 4) is 5.75 Å². The second-order valence-electron chi connectivity index (χ2n) is 6.76. The fourth-order valence-electron chi connectivity index (χ4n) is 3.09. The number of carbonyl (C=O) groups excluding carboxylic acids is 1. The van der Waals surface area contributed by atoms with Crippen molar-refractivity contribution >= 4 is 11.6 Å². The lowest BCUT2D eigenvalue weighted by Crippen LogP contribution is -2.48. The van der Waals surface area contributed by atoms with E-state index < -0.39 is 24.5 Å². The number of carbonyl (C=O) groups is 1. The Morgan fingerprint density at radius 1 is 0.900 bits per heavy atom. The zero-order chi connectivity index (χ0) is 21.9. The molecule has 0 unspecified atom stereocenters. The zero-order valence-electron chi connectivity index (χ0n) is 15.6. The second-order valence-corrected chi connectivity index (χ2v) is 6.76. The maximum Gasteiger partial charge on any atom is 0.422 e. The minimum absolute atomic E-state index is 0.00163. The third kappa shape index (κ3) is 5.58. The first kappa shape index (κ1) is 21.8. The minimum Gasteiger partial charge on any atom is -0.484 e. The maximum absolute atomic E-state index is 12.9. The molecule has 0 radical (unpaired) electrons. The van der Waals surface area contributed by atoms with Crippen LogP contribution in [-0.4, -0.2) is 49.8 Å². The van der Waals surface area contributed by atoms with Gasteiger partial charge < -0.3 is 14.5 Å². The molecule has 0 spiro atoms. The van der Waals surface area contributed by atoms with Gasteiger partial charge in [0.25, 0.3) is 5.91 Å². The van der Waals surface area contributed by atoms with Gasteiger partial charge in [0.15, 0.2) is 6.61 Å². The molecule has 1 fully saturated rings. The summed E-state index contributed by atoms with van der Waals surface area (Å²) in [4.78, 5) is 15.9. The molecule has 10 heteroatoms. The Morgan fingerprint density at radius 2 is 1.53 bits per heavy atom. The Balaban J connectivity index is 1.58. The summed E-state index contributed by atoms with van der Waals surface area (Å²) in [6.07, 6.45) is -8.88. The van der Waals surface area contributed by atoms with Gasteiger partial charge in [0, 0.05) is 37.4 Å². The van der Waals surface area contributed by atoms with Gasteiger partial charge in [0.2, 0.25) is 0 Å². The SMILES string of the molecule is O=C(c1ccc(OCC(F)(F)F)cc1)N1CCN(c2cccc(C(F)(F)F)c2)CC1. The summed E-state index contributed by atoms with van der Waals surface area (Å²) in [7, 11) is 0. The molecule has 0 aliphatic carbocycles. The van der Waals surface area contributed by atoms with Gasteiger partial charge in [-0.1, -0.05) is 6.07 Å². The highest BCUT2D eigenvalue weighted by atomic mass is 19.4. The van der Waals surface area contributed by atoms with Gasteiger partial charge in [-0.25, -0.2) is 0 Å². The van der Waals surface area contributed by atoms with E-state index in [9.17, 15) is 31.1 Å². The number of alkyl halides is 6. The summed E-state index contributed by atoms with van der Waals surface area (Å²) in [5, 5.41) is 0. The van der Waals surface area contributed by atoms with E-state index in [1.54, 1.807) is 15.9 Å². The average Bonchev–Trinajstić information content (AvgIpc) is 2.71. The van der Waals surface area contributed by atoms with Crippen LogP contribution in [0.2, 0.25) is 0 Å². The van der Waals surface area contributed by atoms with Crippen LogP contribution in [-0.2, 0) is 6.18 Å². The van der Waals surface area contributed by atoms with Crippen molar-refractivity contribution in [2.75, 3.05) is 37.7 Å². The predicted molar refractivity (Wildman–Crippen MR) is 97.6 cm³/mol. The molecule has 30 heavy (non-hydrogen) atoms. The number of amides is 1. The highest BCUT2D eigenvalue weighted by molar-refractivity contribution is 5.94. The molecule has 1 aliphatic rings. The standard InChI is InChI=1S/C20H18F6N2O2/c21-19(22,23)13-30-17-6-4-14(5-7-17)18(29)28-10-8-27(9-11-28)16-3-1-2-15(12-16)20(24,25)26/h1-7,12H,8-11,13H2. The molecule has 162 valence electrons. The van der Waals surface area contributed by atoms with Crippen molar-refractivity contribution in [3.63, 3.8) is 0 Å². The number of anilines is 1. The first-order valence-electron chi connectivity index (χ1n) is 9.04. The van der Waals surface area contributed by atoms with E-state index in [1.165, 1.54) is 30.3 Å². The Labute approximate surface area is 168 Å². The topological polar surface area (TPSA) is 32.8 Å². The van der Waals surface area contributed by atoms with Crippen molar-refractivity contribution in [1.29, 1.82) is 0 Å². The lowest BCUT2D eigenvalue weighted by Gasteiger charge is -2.36. The molecule has 1 amide bonds. The Hall–Kier alpha value is -2.91. The van der Waals surface area contributed by atoms with E-state index in [-0.39, 0.29) is 11.7 Å². The highest BCUT2D eigenvalue weighted by Crippen LogP contribution is 2.32. The quantitative estimate of drug-likeness (QED) is 0.662. The lowest BCUT2D eigenvalue weighted by molar-refractivity contribution is -0.153. The summed E-state index contributed by atoms with van der Waals surface area (Å²) in [6.45, 7) is -0.0831. The molecule has 0 aromatic heterocycles. The molecule has 0 saturated carbocycles. The van der Waals surface area contributed by atoms with E-state index in [2.05, 4.69) is 4.74 Å². The zero-order valence-corrected chi connectivity index (χ0v) is 15.6. The molecular formula is C20H18F6N2O2. The van der Waals surface area contributed by atoms with Crippen molar-refractivity contribution < 1.29 is 35.9 Å². The van der Waals surface area contributed by atoms with Gasteiger partial charge in [-0.05, 0) is 42.5 Å². The Kier molecular flexibility index (Phi) is 6.14. The third-order valence-corrected chi connectivity index (χ3v) is 4.61. The predicted octanol–water partition coefficient (Wildman–Crippen LogP) is 4.61. The Bertz CT molecular complexity index is 872. The van der Waals surface area contributed by atoms with Crippen LogP contribution < -0.4 is 9.64 Å². The molecule has 2 aromatic carbocycles. The van der Waals surface area contributed by atoms with Crippen molar-refractivity contribution in [2.24, 2.45) is 0 Å². The highest BCUT2D eigenvalue weighted by Gasteiger charge is 2.31. The van der Waals surface area contributed by atoms with Gasteiger partial charge >= 0.3 is 12.4 Å². The summed E-state index contributed by atoms with van der Waals surface area (Å²) in [6, 6.07) is 10.4. The molecule has 1 heterocycles. The molecule has 4 nitrogen and oxygen atoms in total. The number of nitrogens with zero attached hydrogens (tertiary/aromatic N) is 2. The number of ether oxygens (including phenoxy) is 1. The number of hydrogen-bond donors (Lipinski definition) is 0. The van der Waals surface area contributed by atoms with E-state index in [1.807, 2.05) is 0 Å². The van der Waals surface area contributed by atoms with E-state index in [0.717, 1.165) is 12.1 Å². The number of piperazine rings is 1. The molecule has 1 saturated heterocycles. The summed E-state index contributed by atoms with van der Waals surface area (Å²) in [5.41, 5.74) is -0.00342. The van der Waals surface area contributed by atoms with Crippen LogP contribution in [0.4, 0.5) is 32.0 Å². The number of rotatable bonds is 4. The number of halogens is 6. The van der Waals surface area contributed by atoms with Gasteiger partial charge in [-0.2, -0.15) is 26.3 Å². The molecule has 3 rings (SSSR count). The smallest absolute Gasteiger partial charge is 0.422 e. The van der Waals surface area contributed by atoms with Crippen LogP contribution >= 0.6 is 0 Å². The molecule has 1 aliphatic heterocycles. The molecule has 0 bridgehead atoms. The fraction of sp³-hybridized carbons (Fsp3) is 0.350. The minimum atomic E-state index is -4.45. The van der Waals surface area contributed by atoms with Crippen LogP contribution in [0.3, 0.4) is 0 Å². The fourth-order valence-corrected chi connectivity index (χ4v) is 3.09. The van der Waals surface area contributed by atoms with Crippen LogP contribution in [0, 0.1) is 0 Å². The lowest BCUT2D eigenvalue weighted by atomic mass is 10.1. The Morgan fingerprint density at radius 3 is 2.10 bits per heavy atom. The number of hydrogen-bond acceptors (Lipinski definition) is 3. The van der Waals surface area contributed by atoms with Gasteiger partial charge in [-0.3, -0.25) is 4.79 Å². The monoisotopic (exact) mass is 432 g/mol. The van der Waals surface area contributed by atoms with Crippen LogP contribution in [0.5, 0.6) is 5.75 Å². The van der Waals surface area contributed by atoms with Gasteiger partial charge in [-0.15, -0.1) is 0 Å². The maximum atomic E-state index is 12.9. The molecule has 0 N–H and O–H groups in total. The van der Waals surface area contributed by atoms with Gasteiger partial charge in [0.1, 0.15) is 5.75 Å².